The minimum atomic E-state index is -1.10. The smallest absolute Gasteiger partial charge is 0.323 e. The van der Waals surface area contributed by atoms with Gasteiger partial charge in [-0.15, -0.1) is 0 Å². The van der Waals surface area contributed by atoms with Gasteiger partial charge in [0.1, 0.15) is 51.0 Å². The van der Waals surface area contributed by atoms with E-state index in [-0.39, 0.29) is 28.4 Å². The monoisotopic (exact) mass is 760 g/mol. The van der Waals surface area contributed by atoms with Gasteiger partial charge < -0.3 is 19.7 Å². The Morgan fingerprint density at radius 3 is 1.55 bits per heavy atom. The first-order valence-corrected chi connectivity index (χ1v) is 17.4. The molecule has 2 fully saturated rings. The second kappa shape index (κ2) is 19.2. The molecule has 2 aliphatic heterocycles. The zero-order valence-electron chi connectivity index (χ0n) is 26.4. The molecule has 6 rings (SSSR count). The lowest BCUT2D eigenvalue weighted by molar-refractivity contribution is -0.140. The van der Waals surface area contributed by atoms with E-state index in [2.05, 4.69) is 0 Å². The number of carboxylic acids is 2. The lowest BCUT2D eigenvalue weighted by Crippen LogP contribution is -2.33. The van der Waals surface area contributed by atoms with Crippen molar-refractivity contribution in [1.29, 1.82) is 0 Å². The third-order valence-corrected chi connectivity index (χ3v) is 9.26. The average Bonchev–Trinajstić information content (AvgIpc) is 3.57. The van der Waals surface area contributed by atoms with Crippen molar-refractivity contribution in [2.45, 2.75) is 0 Å². The fraction of sp³-hybridized carbons (Fsp3) is 0.0833. The number of hydrogen-bond acceptors (Lipinski definition) is 11. The maximum atomic E-state index is 12.2. The first-order valence-electron chi connectivity index (χ1n) is 14.8. The van der Waals surface area contributed by atoms with Crippen LogP contribution in [0.15, 0.2) is 114 Å². The number of para-hydroxylation sites is 2. The molecule has 0 radical (unpaired) electrons. The highest BCUT2D eigenvalue weighted by atomic mass is 32.2. The van der Waals surface area contributed by atoms with Gasteiger partial charge in [-0.3, -0.25) is 33.8 Å². The minimum absolute atomic E-state index is 0.220. The van der Waals surface area contributed by atoms with Gasteiger partial charge in [-0.05, 0) is 72.3 Å². The molecule has 2 amide bonds. The van der Waals surface area contributed by atoms with Gasteiger partial charge in [-0.25, -0.2) is 0 Å². The van der Waals surface area contributed by atoms with Gasteiger partial charge in [0.2, 0.25) is 5.91 Å². The number of carboxylic acid groups (broad SMARTS) is 2. The zero-order chi connectivity index (χ0) is 36.8. The number of nitrogens with zero attached hydrogens (tertiary/aromatic N) is 2. The summed E-state index contributed by atoms with van der Waals surface area (Å²) in [6.07, 6.45) is 2.50. The van der Waals surface area contributed by atoms with E-state index in [0.29, 0.717) is 20.5 Å². The molecule has 4 aromatic carbocycles. The van der Waals surface area contributed by atoms with E-state index in [9.17, 15) is 24.0 Å². The number of carbonyl (C=O) groups is 5. The van der Waals surface area contributed by atoms with Gasteiger partial charge in [0.25, 0.3) is 5.91 Å². The molecule has 2 heterocycles. The normalized spacial score (nSPS) is 14.3. The predicted octanol–water partition coefficient (Wildman–Crippen LogP) is 6.99. The van der Waals surface area contributed by atoms with Crippen LogP contribution in [0.4, 0.5) is 0 Å². The highest BCUT2D eigenvalue weighted by molar-refractivity contribution is 8.26. The Bertz CT molecular complexity index is 1910. The topological polar surface area (TPSA) is 151 Å². The number of rotatable bonds is 10. The summed E-state index contributed by atoms with van der Waals surface area (Å²) in [6.45, 7) is -0.740. The van der Waals surface area contributed by atoms with Crippen molar-refractivity contribution in [1.82, 2.24) is 9.80 Å². The molecule has 2 aliphatic rings. The van der Waals surface area contributed by atoms with Crippen molar-refractivity contribution in [2.24, 2.45) is 0 Å². The van der Waals surface area contributed by atoms with Crippen molar-refractivity contribution in [3.8, 4) is 23.0 Å². The molecule has 0 aromatic heterocycles. The van der Waals surface area contributed by atoms with Crippen LogP contribution in [0.25, 0.3) is 6.08 Å². The highest BCUT2D eigenvalue weighted by Crippen LogP contribution is 2.33. The fourth-order valence-electron chi connectivity index (χ4n) is 4.09. The van der Waals surface area contributed by atoms with E-state index >= 15 is 0 Å². The van der Waals surface area contributed by atoms with Crippen molar-refractivity contribution in [3.05, 3.63) is 125 Å². The second-order valence-corrected chi connectivity index (χ2v) is 13.5. The number of thioether (sulfide) groups is 2. The first kappa shape index (κ1) is 38.5. The van der Waals surface area contributed by atoms with E-state index in [0.717, 1.165) is 50.7 Å². The SMILES string of the molecule is O=C(O)CN1C(=O)/C(=C/c2ccc(Oc3ccccc3)cc2)SC1=S.O=C(O)CN1C(=O)CSC1=S.O=Cc1ccc(Oc2ccccc2)cc1. The summed E-state index contributed by atoms with van der Waals surface area (Å²) in [4.78, 5) is 57.1. The number of aldehydes is 1. The molecule has 51 heavy (non-hydrogen) atoms. The zero-order valence-corrected chi connectivity index (χ0v) is 29.7. The summed E-state index contributed by atoms with van der Waals surface area (Å²) >= 11 is 12.1. The summed E-state index contributed by atoms with van der Waals surface area (Å²) in [6, 6.07) is 33.2. The Labute approximate surface area is 311 Å². The Morgan fingerprint density at radius 1 is 0.667 bits per heavy atom. The number of benzene rings is 4. The van der Waals surface area contributed by atoms with Crippen LogP contribution in [-0.2, 0) is 19.2 Å². The largest absolute Gasteiger partial charge is 0.480 e. The molecule has 4 aromatic rings. The van der Waals surface area contributed by atoms with Crippen molar-refractivity contribution >= 4 is 92.7 Å². The first-order chi connectivity index (χ1) is 24.5. The number of ether oxygens (including phenoxy) is 2. The molecule has 11 nitrogen and oxygen atoms in total. The summed E-state index contributed by atoms with van der Waals surface area (Å²) in [5.74, 6) is 0.467. The van der Waals surface area contributed by atoms with E-state index < -0.39 is 18.5 Å². The second-order valence-electron chi connectivity index (χ2n) is 10.2. The maximum absolute atomic E-state index is 12.2. The van der Waals surface area contributed by atoms with Crippen LogP contribution in [0, 0.1) is 0 Å². The van der Waals surface area contributed by atoms with Crippen molar-refractivity contribution < 1.29 is 43.7 Å². The van der Waals surface area contributed by atoms with E-state index in [1.807, 2.05) is 72.8 Å². The maximum Gasteiger partial charge on any atom is 0.323 e. The van der Waals surface area contributed by atoms with Gasteiger partial charge in [0.05, 0.1) is 10.7 Å². The number of thiocarbonyl (C=S) groups is 2. The van der Waals surface area contributed by atoms with Gasteiger partial charge in [-0.1, -0.05) is 96.5 Å². The van der Waals surface area contributed by atoms with Crippen LogP contribution in [-0.4, -0.2) is 77.5 Å². The molecule has 0 spiro atoms. The van der Waals surface area contributed by atoms with Crippen molar-refractivity contribution in [3.63, 3.8) is 0 Å². The Hall–Kier alpha value is -5.35. The van der Waals surface area contributed by atoms with Crippen LogP contribution in [0.5, 0.6) is 23.0 Å². The van der Waals surface area contributed by atoms with Gasteiger partial charge in [0, 0.05) is 5.56 Å². The summed E-state index contributed by atoms with van der Waals surface area (Å²) in [5, 5.41) is 17.2. The Kier molecular flexibility index (Phi) is 14.4. The molecule has 0 aliphatic carbocycles. The number of amides is 2. The number of carbonyl (C=O) groups excluding carboxylic acids is 3. The summed E-state index contributed by atoms with van der Waals surface area (Å²) < 4.78 is 11.9. The third-order valence-electron chi connectivity index (χ3n) is 6.45. The number of aliphatic carboxylic acids is 2. The summed E-state index contributed by atoms with van der Waals surface area (Å²) in [7, 11) is 0. The molecule has 0 atom stereocenters. The molecule has 0 unspecified atom stereocenters. The molecule has 0 bridgehead atoms. The van der Waals surface area contributed by atoms with Gasteiger partial charge >= 0.3 is 11.9 Å². The third kappa shape index (κ3) is 12.2. The molecule has 260 valence electrons. The molecular weight excluding hydrogens is 733 g/mol. The van der Waals surface area contributed by atoms with E-state index in [1.165, 1.54) is 11.8 Å². The highest BCUT2D eigenvalue weighted by Gasteiger charge is 2.33. The lowest BCUT2D eigenvalue weighted by atomic mass is 10.2. The molecular formula is C36H28N2O9S4. The quantitative estimate of drug-likeness (QED) is 0.0972. The van der Waals surface area contributed by atoms with Crippen LogP contribution < -0.4 is 9.47 Å². The average molecular weight is 761 g/mol. The summed E-state index contributed by atoms with van der Waals surface area (Å²) in [5.41, 5.74) is 1.45. The molecule has 2 N–H and O–H groups in total. The predicted molar refractivity (Wildman–Crippen MR) is 203 cm³/mol. The standard InChI is InChI=1S/C18H13NO4S2.C13H10O2.C5H5NO3S2/c20-16(21)11-19-17(22)15(25-18(19)24)10-12-6-8-14(9-7-12)23-13-4-2-1-3-5-13;14-10-11-6-8-13(9-7-11)15-12-4-2-1-3-5-12;7-3-2-11-5(10)6(3)1-4(8)9/h1-10H,11H2,(H,20,21);1-10H;1-2H2,(H,8,9)/b15-10-;;. The Balaban J connectivity index is 0.000000190. The molecule has 15 heteroatoms. The van der Waals surface area contributed by atoms with Crippen LogP contribution in [0.1, 0.15) is 15.9 Å². The van der Waals surface area contributed by atoms with Gasteiger partial charge in [0.15, 0.2) is 0 Å². The number of hydrogen-bond donors (Lipinski definition) is 2. The van der Waals surface area contributed by atoms with E-state index in [4.69, 9.17) is 44.1 Å². The van der Waals surface area contributed by atoms with Crippen molar-refractivity contribution in [2.75, 3.05) is 18.8 Å². The molecule has 0 saturated carbocycles. The van der Waals surface area contributed by atoms with Gasteiger partial charge in [-0.2, -0.15) is 0 Å². The van der Waals surface area contributed by atoms with Crippen LogP contribution in [0.2, 0.25) is 0 Å². The van der Waals surface area contributed by atoms with Crippen LogP contribution in [0.3, 0.4) is 0 Å². The lowest BCUT2D eigenvalue weighted by Gasteiger charge is -2.10. The molecule has 2 saturated heterocycles. The fourth-order valence-corrected chi connectivity index (χ4v) is 6.41. The van der Waals surface area contributed by atoms with Crippen LogP contribution >= 0.6 is 48.0 Å². The Morgan fingerprint density at radius 2 is 1.12 bits per heavy atom. The minimum Gasteiger partial charge on any atom is -0.480 e. The van der Waals surface area contributed by atoms with E-state index in [1.54, 1.807) is 42.5 Å².